The predicted molar refractivity (Wildman–Crippen MR) is 102 cm³/mol. The molecule has 2 fully saturated rings. The van der Waals surface area contributed by atoms with Crippen LogP contribution < -0.4 is 15.3 Å². The van der Waals surface area contributed by atoms with Crippen molar-refractivity contribution in [3.8, 4) is 11.7 Å². The number of aromatic nitrogens is 1. The monoisotopic (exact) mass is 370 g/mol. The summed E-state index contributed by atoms with van der Waals surface area (Å²) >= 11 is 0. The van der Waals surface area contributed by atoms with E-state index in [4.69, 9.17) is 9.15 Å². The van der Waals surface area contributed by atoms with Crippen molar-refractivity contribution in [2.45, 2.75) is 51.0 Å². The summed E-state index contributed by atoms with van der Waals surface area (Å²) in [6.07, 6.45) is 9.79. The third-order valence-electron chi connectivity index (χ3n) is 5.54. The number of aromatic hydroxyl groups is 1. The Balaban J connectivity index is 1.68. The molecule has 0 amide bonds. The van der Waals surface area contributed by atoms with E-state index in [-0.39, 0.29) is 24.2 Å². The maximum absolute atomic E-state index is 12.6. The molecule has 144 valence electrons. The smallest absolute Gasteiger partial charge is 0.345 e. The summed E-state index contributed by atoms with van der Waals surface area (Å²) in [7, 11) is 1.92. The molecule has 6 heteroatoms. The second-order valence-electron chi connectivity index (χ2n) is 7.74. The number of anilines is 1. The summed E-state index contributed by atoms with van der Waals surface area (Å²) in [5.41, 5.74) is 1.30. The molecular formula is C21H26N2O4. The van der Waals surface area contributed by atoms with Crippen molar-refractivity contribution < 1.29 is 14.3 Å². The fourth-order valence-corrected chi connectivity index (χ4v) is 3.93. The van der Waals surface area contributed by atoms with Crippen molar-refractivity contribution in [3.05, 3.63) is 46.1 Å². The largest absolute Gasteiger partial charge is 0.505 e. The summed E-state index contributed by atoms with van der Waals surface area (Å²) in [6, 6.07) is 3.72. The number of hydrogen-bond donors (Lipinski definition) is 1. The Morgan fingerprint density at radius 1 is 1.30 bits per heavy atom. The second-order valence-corrected chi connectivity index (χ2v) is 7.74. The van der Waals surface area contributed by atoms with Gasteiger partial charge in [0.25, 0.3) is 0 Å². The van der Waals surface area contributed by atoms with E-state index >= 15 is 0 Å². The van der Waals surface area contributed by atoms with Crippen LogP contribution in [0.15, 0.2) is 33.7 Å². The molecule has 2 aromatic heterocycles. The first-order valence-electron chi connectivity index (χ1n) is 9.76. The first-order chi connectivity index (χ1) is 13.1. The fourth-order valence-electron chi connectivity index (χ4n) is 3.93. The first-order valence-corrected chi connectivity index (χ1v) is 9.76. The molecule has 2 aromatic rings. The highest BCUT2D eigenvalue weighted by molar-refractivity contribution is 5.66. The molecule has 4 rings (SSSR count). The number of rotatable bonds is 7. The summed E-state index contributed by atoms with van der Waals surface area (Å²) in [5, 5.41) is 11.0. The zero-order chi connectivity index (χ0) is 18.8. The summed E-state index contributed by atoms with van der Waals surface area (Å²) in [4.78, 5) is 18.7. The van der Waals surface area contributed by atoms with Crippen LogP contribution in [0.4, 0.5) is 5.69 Å². The van der Waals surface area contributed by atoms with E-state index < -0.39 is 5.63 Å². The van der Waals surface area contributed by atoms with Crippen LogP contribution >= 0.6 is 0 Å². The average molecular weight is 370 g/mol. The van der Waals surface area contributed by atoms with Crippen LogP contribution in [-0.2, 0) is 6.61 Å². The van der Waals surface area contributed by atoms with E-state index in [0.29, 0.717) is 17.2 Å². The van der Waals surface area contributed by atoms with Crippen LogP contribution in [0.5, 0.6) is 11.7 Å². The Labute approximate surface area is 158 Å². The summed E-state index contributed by atoms with van der Waals surface area (Å²) < 4.78 is 11.4. The van der Waals surface area contributed by atoms with Gasteiger partial charge in [-0.3, -0.25) is 4.98 Å². The molecular weight excluding hydrogens is 344 g/mol. The lowest BCUT2D eigenvalue weighted by Crippen LogP contribution is -2.23. The zero-order valence-electron chi connectivity index (χ0n) is 15.7. The van der Waals surface area contributed by atoms with Gasteiger partial charge in [-0.25, -0.2) is 4.79 Å². The predicted octanol–water partition coefficient (Wildman–Crippen LogP) is 3.82. The standard InChI is InChI=1S/C21H26N2O4/c1-23(12-14-8-9-14)18-19(24)17(16-6-2-3-7-16)20(25)27-21(18)26-13-15-5-4-10-22-11-15/h4-5,10-11,14,16,24H,2-3,6-9,12-13H2,1H3. The van der Waals surface area contributed by atoms with Gasteiger partial charge in [-0.05, 0) is 43.6 Å². The molecule has 2 saturated carbocycles. The van der Waals surface area contributed by atoms with Gasteiger partial charge in [-0.15, -0.1) is 0 Å². The average Bonchev–Trinajstić information content (AvgIpc) is 3.31. The Morgan fingerprint density at radius 2 is 2.07 bits per heavy atom. The van der Waals surface area contributed by atoms with E-state index in [2.05, 4.69) is 4.98 Å². The lowest BCUT2D eigenvalue weighted by molar-refractivity contribution is 0.216. The molecule has 0 aliphatic heterocycles. The van der Waals surface area contributed by atoms with E-state index in [0.717, 1.165) is 37.8 Å². The molecule has 0 radical (unpaired) electrons. The van der Waals surface area contributed by atoms with Gasteiger partial charge in [0, 0.05) is 31.5 Å². The molecule has 6 nitrogen and oxygen atoms in total. The van der Waals surface area contributed by atoms with Gasteiger partial charge in [0.1, 0.15) is 6.61 Å². The summed E-state index contributed by atoms with van der Waals surface area (Å²) in [6.45, 7) is 1.04. The normalized spacial score (nSPS) is 17.2. The molecule has 0 bridgehead atoms. The first kappa shape index (κ1) is 17.9. The molecule has 0 spiro atoms. The van der Waals surface area contributed by atoms with Gasteiger partial charge >= 0.3 is 11.6 Å². The number of nitrogens with zero attached hydrogens (tertiary/aromatic N) is 2. The van der Waals surface area contributed by atoms with Crippen molar-refractivity contribution >= 4 is 5.69 Å². The molecule has 27 heavy (non-hydrogen) atoms. The van der Waals surface area contributed by atoms with Gasteiger partial charge in [0.05, 0.1) is 5.56 Å². The topological polar surface area (TPSA) is 75.8 Å². The molecule has 2 heterocycles. The van der Waals surface area contributed by atoms with Crippen molar-refractivity contribution in [1.82, 2.24) is 4.98 Å². The molecule has 2 aliphatic rings. The number of pyridine rings is 1. The molecule has 1 N–H and O–H groups in total. The fraction of sp³-hybridized carbons (Fsp3) is 0.524. The van der Waals surface area contributed by atoms with Crippen molar-refractivity contribution in [2.75, 3.05) is 18.5 Å². The third kappa shape index (κ3) is 3.94. The van der Waals surface area contributed by atoms with E-state index in [1.165, 1.54) is 12.8 Å². The second kappa shape index (κ2) is 7.62. The highest BCUT2D eigenvalue weighted by Gasteiger charge is 2.32. The van der Waals surface area contributed by atoms with Crippen LogP contribution in [0, 0.1) is 5.92 Å². The van der Waals surface area contributed by atoms with Gasteiger partial charge in [0.15, 0.2) is 11.4 Å². The lowest BCUT2D eigenvalue weighted by atomic mass is 9.98. The Hall–Kier alpha value is -2.50. The molecule has 2 aliphatic carbocycles. The SMILES string of the molecule is CN(CC1CC1)c1c(OCc2cccnc2)oc(=O)c(C2CCCC2)c1O. The van der Waals surface area contributed by atoms with Crippen LogP contribution in [0.3, 0.4) is 0 Å². The highest BCUT2D eigenvalue weighted by atomic mass is 16.6. The van der Waals surface area contributed by atoms with E-state index in [1.54, 1.807) is 12.4 Å². The van der Waals surface area contributed by atoms with Gasteiger partial charge in [-0.1, -0.05) is 18.9 Å². The van der Waals surface area contributed by atoms with Crippen molar-refractivity contribution in [1.29, 1.82) is 0 Å². The quantitative estimate of drug-likeness (QED) is 0.798. The Kier molecular flexibility index (Phi) is 5.05. The lowest BCUT2D eigenvalue weighted by Gasteiger charge is -2.24. The van der Waals surface area contributed by atoms with E-state index in [1.807, 2.05) is 24.1 Å². The molecule has 0 unspecified atom stereocenters. The van der Waals surface area contributed by atoms with Crippen LogP contribution in [0.1, 0.15) is 55.6 Å². The Bertz CT molecular complexity index is 839. The van der Waals surface area contributed by atoms with E-state index in [9.17, 15) is 9.90 Å². The minimum Gasteiger partial charge on any atom is -0.505 e. The summed E-state index contributed by atoms with van der Waals surface area (Å²) in [5.74, 6) is 0.817. The van der Waals surface area contributed by atoms with Crippen LogP contribution in [0.2, 0.25) is 0 Å². The molecule has 0 atom stereocenters. The highest BCUT2D eigenvalue weighted by Crippen LogP contribution is 2.45. The Morgan fingerprint density at radius 3 is 2.74 bits per heavy atom. The van der Waals surface area contributed by atoms with Gasteiger partial charge in [-0.2, -0.15) is 0 Å². The number of ether oxygens (including phenoxy) is 1. The molecule has 0 aromatic carbocycles. The minimum absolute atomic E-state index is 0.0301. The van der Waals surface area contributed by atoms with Gasteiger partial charge in [0.2, 0.25) is 0 Å². The zero-order valence-corrected chi connectivity index (χ0v) is 15.7. The number of hydrogen-bond acceptors (Lipinski definition) is 6. The van der Waals surface area contributed by atoms with Crippen LogP contribution in [-0.4, -0.2) is 23.7 Å². The van der Waals surface area contributed by atoms with Crippen LogP contribution in [0.25, 0.3) is 0 Å². The van der Waals surface area contributed by atoms with Gasteiger partial charge < -0.3 is 19.2 Å². The minimum atomic E-state index is -0.482. The maximum Gasteiger partial charge on any atom is 0.345 e. The van der Waals surface area contributed by atoms with Crippen molar-refractivity contribution in [3.63, 3.8) is 0 Å². The molecule has 0 saturated heterocycles. The maximum atomic E-state index is 12.6. The van der Waals surface area contributed by atoms with Crippen molar-refractivity contribution in [2.24, 2.45) is 5.92 Å². The third-order valence-corrected chi connectivity index (χ3v) is 5.54.